The van der Waals surface area contributed by atoms with Crippen molar-refractivity contribution in [2.45, 2.75) is 69.8 Å². The first-order chi connectivity index (χ1) is 19.3. The number of fused-ring (bicyclic) bond motifs is 2. The summed E-state index contributed by atoms with van der Waals surface area (Å²) in [6.45, 7) is 6.49. The molecule has 41 heavy (non-hydrogen) atoms. The molecule has 2 saturated heterocycles. The number of nitro groups is 1. The zero-order valence-electron chi connectivity index (χ0n) is 23.3. The molecule has 2 aromatic rings. The van der Waals surface area contributed by atoms with E-state index in [1.54, 1.807) is 37.4 Å². The Kier molecular flexibility index (Phi) is 7.26. The van der Waals surface area contributed by atoms with E-state index in [4.69, 9.17) is 9.47 Å². The normalized spacial score (nSPS) is 27.3. The number of hydrogen-bond acceptors (Lipinski definition) is 9. The third kappa shape index (κ3) is 4.72. The zero-order chi connectivity index (χ0) is 29.9. The van der Waals surface area contributed by atoms with Gasteiger partial charge < -0.3 is 24.3 Å². The number of nitrogens with zero attached hydrogens (tertiary/aromatic N) is 3. The van der Waals surface area contributed by atoms with E-state index in [1.165, 1.54) is 34.9 Å². The van der Waals surface area contributed by atoms with Crippen LogP contribution >= 0.6 is 0 Å². The van der Waals surface area contributed by atoms with Gasteiger partial charge >= 0.3 is 5.97 Å². The Morgan fingerprint density at radius 1 is 1.24 bits per heavy atom. The summed E-state index contributed by atoms with van der Waals surface area (Å²) in [5.74, 6) is -1.64. The maximum atomic E-state index is 14.4. The molecule has 0 saturated carbocycles. The van der Waals surface area contributed by atoms with Gasteiger partial charge in [0, 0.05) is 48.4 Å². The molecule has 0 aromatic heterocycles. The van der Waals surface area contributed by atoms with Crippen molar-refractivity contribution < 1.29 is 38.7 Å². The number of anilines is 2. The molecule has 5 rings (SSSR count). The highest BCUT2D eigenvalue weighted by Crippen LogP contribution is 2.60. The first-order valence-electron chi connectivity index (χ1n) is 13.5. The van der Waals surface area contributed by atoms with Crippen LogP contribution in [0.3, 0.4) is 0 Å². The molecule has 0 radical (unpaired) electrons. The molecule has 3 heterocycles. The lowest BCUT2D eigenvalue weighted by atomic mass is 9.82. The second-order valence-electron chi connectivity index (χ2n) is 11.4. The largest absolute Gasteiger partial charge is 0.441 e. The smallest absolute Gasteiger partial charge is 0.304 e. The van der Waals surface area contributed by atoms with Crippen LogP contribution in [0.1, 0.15) is 37.8 Å². The molecule has 3 aliphatic rings. The molecule has 1 unspecified atom stereocenters. The van der Waals surface area contributed by atoms with Gasteiger partial charge in [0.1, 0.15) is 0 Å². The van der Waals surface area contributed by atoms with Crippen molar-refractivity contribution in [2.24, 2.45) is 5.92 Å². The molecule has 0 bridgehead atoms. The highest BCUT2D eigenvalue weighted by molar-refractivity contribution is 6.71. The van der Waals surface area contributed by atoms with Gasteiger partial charge in [0.25, 0.3) is 11.6 Å². The first kappa shape index (κ1) is 28.9. The summed E-state index contributed by atoms with van der Waals surface area (Å²) >= 11 is 0. The molecule has 218 valence electrons. The summed E-state index contributed by atoms with van der Waals surface area (Å²) in [4.78, 5) is 63.5. The summed E-state index contributed by atoms with van der Waals surface area (Å²) in [6.07, 6.45) is -1.02. The van der Waals surface area contributed by atoms with Gasteiger partial charge in [-0.05, 0) is 43.3 Å². The lowest BCUT2D eigenvalue weighted by Crippen LogP contribution is -2.54. The molecule has 2 amide bonds. The number of rotatable bonds is 8. The number of non-ortho nitro benzene ring substituents is 1. The molecule has 2 aromatic carbocycles. The molecule has 2 N–H and O–H groups in total. The van der Waals surface area contributed by atoms with E-state index in [-0.39, 0.29) is 37.6 Å². The molecule has 5 atom stereocenters. The van der Waals surface area contributed by atoms with Crippen molar-refractivity contribution in [3.8, 4) is 0 Å². The van der Waals surface area contributed by atoms with Crippen molar-refractivity contribution in [3.05, 3.63) is 63.7 Å². The Hall–Kier alpha value is -3.65. The predicted octanol–water partition coefficient (Wildman–Crippen LogP) is 2.95. The van der Waals surface area contributed by atoms with Crippen molar-refractivity contribution in [2.75, 3.05) is 16.4 Å². The van der Waals surface area contributed by atoms with Crippen molar-refractivity contribution in [1.82, 2.24) is 0 Å². The van der Waals surface area contributed by atoms with Gasteiger partial charge in [-0.3, -0.25) is 29.4 Å². The minimum Gasteiger partial charge on any atom is -0.441 e. The van der Waals surface area contributed by atoms with Crippen LogP contribution in [-0.2, 0) is 36.0 Å². The summed E-state index contributed by atoms with van der Waals surface area (Å²) in [7, 11) is -2.92. The molecule has 3 aliphatic heterocycles. The molecule has 1 spiro atoms. The van der Waals surface area contributed by atoms with Crippen LogP contribution in [-0.4, -0.2) is 59.9 Å². The van der Waals surface area contributed by atoms with Crippen LogP contribution in [0.2, 0.25) is 18.6 Å². The van der Waals surface area contributed by atoms with Gasteiger partial charge in [-0.25, -0.2) is 0 Å². The standard InChI is InChI=1S/C28H33N3O9Si/c1-16-26(41(3,4)38)23(10-11-32)40-28(16)21-13-20(31(36)37)8-9-22(21)29(27(28)35)15-18-6-5-7-19(12-18)30-24(34)14-25(30)39-17(2)33/h5-9,12-13,16,23,25-26,32,38H,10-11,14-15H2,1-4H3/t16-,23+,25?,26-,28+/m0/s1. The molecule has 0 aliphatic carbocycles. The number of nitro benzene ring substituents is 1. The van der Waals surface area contributed by atoms with Gasteiger partial charge in [-0.2, -0.15) is 0 Å². The Morgan fingerprint density at radius 3 is 2.59 bits per heavy atom. The fraction of sp³-hybridized carbons (Fsp3) is 0.464. The quantitative estimate of drug-likeness (QED) is 0.157. The number of esters is 1. The number of amides is 2. The van der Waals surface area contributed by atoms with E-state index in [0.717, 1.165) is 0 Å². The minimum absolute atomic E-state index is 0.0743. The molecular weight excluding hydrogens is 550 g/mol. The SMILES string of the molecule is CC(=O)OC1CC(=O)N1c1cccc(CN2C(=O)[C@]3(O[C@H](CCO)[C@@H]([Si](C)(C)O)[C@@H]3C)c3cc([N+](=O)[O-])ccc32)c1. The maximum Gasteiger partial charge on any atom is 0.304 e. The number of benzene rings is 2. The van der Waals surface area contributed by atoms with Gasteiger partial charge in [0.2, 0.25) is 5.91 Å². The number of aliphatic hydroxyl groups excluding tert-OH is 1. The van der Waals surface area contributed by atoms with Crippen LogP contribution in [0, 0.1) is 16.0 Å². The predicted molar refractivity (Wildman–Crippen MR) is 149 cm³/mol. The van der Waals surface area contributed by atoms with E-state index >= 15 is 0 Å². The van der Waals surface area contributed by atoms with E-state index in [1.807, 2.05) is 6.92 Å². The fourth-order valence-electron chi connectivity index (χ4n) is 6.70. The van der Waals surface area contributed by atoms with Crippen molar-refractivity contribution >= 4 is 43.2 Å². The van der Waals surface area contributed by atoms with Crippen LogP contribution < -0.4 is 9.80 Å². The Balaban J connectivity index is 1.55. The Labute approximate surface area is 237 Å². The third-order valence-electron chi connectivity index (χ3n) is 8.33. The van der Waals surface area contributed by atoms with Gasteiger partial charge in [0.05, 0.1) is 29.7 Å². The lowest BCUT2D eigenvalue weighted by Gasteiger charge is -2.39. The highest BCUT2D eigenvalue weighted by atomic mass is 28.4. The summed E-state index contributed by atoms with van der Waals surface area (Å²) in [5.41, 5.74) is -0.185. The Morgan fingerprint density at radius 2 is 1.98 bits per heavy atom. The van der Waals surface area contributed by atoms with Gasteiger partial charge in [-0.1, -0.05) is 19.1 Å². The number of aliphatic hydroxyl groups is 1. The lowest BCUT2D eigenvalue weighted by molar-refractivity contribution is -0.385. The van der Waals surface area contributed by atoms with Crippen LogP contribution in [0.15, 0.2) is 42.5 Å². The second-order valence-corrected chi connectivity index (χ2v) is 15.4. The molecule has 2 fully saturated rings. The number of hydrogen-bond donors (Lipinski definition) is 2. The van der Waals surface area contributed by atoms with Gasteiger partial charge in [0.15, 0.2) is 20.1 Å². The second kappa shape index (κ2) is 10.3. The van der Waals surface area contributed by atoms with E-state index in [9.17, 15) is 34.4 Å². The topological polar surface area (TPSA) is 160 Å². The average molecular weight is 584 g/mol. The van der Waals surface area contributed by atoms with E-state index in [0.29, 0.717) is 22.5 Å². The van der Waals surface area contributed by atoms with Crippen molar-refractivity contribution in [1.29, 1.82) is 0 Å². The van der Waals surface area contributed by atoms with E-state index < -0.39 is 54.5 Å². The third-order valence-corrected chi connectivity index (χ3v) is 10.8. The fourth-order valence-corrected chi connectivity index (χ4v) is 9.31. The first-order valence-corrected chi connectivity index (χ1v) is 16.5. The summed E-state index contributed by atoms with van der Waals surface area (Å²) in [5, 5.41) is 21.5. The maximum absolute atomic E-state index is 14.4. The van der Waals surface area contributed by atoms with Crippen LogP contribution in [0.5, 0.6) is 0 Å². The summed E-state index contributed by atoms with van der Waals surface area (Å²) < 4.78 is 11.7. The number of β-lactam (4-membered cyclic amide) rings is 1. The van der Waals surface area contributed by atoms with Crippen LogP contribution in [0.4, 0.5) is 17.1 Å². The van der Waals surface area contributed by atoms with Crippen molar-refractivity contribution in [3.63, 3.8) is 0 Å². The number of carbonyl (C=O) groups is 3. The molecular formula is C28H33N3O9Si. The van der Waals surface area contributed by atoms with E-state index in [2.05, 4.69) is 0 Å². The average Bonchev–Trinajstić information content (AvgIpc) is 3.30. The van der Waals surface area contributed by atoms with Gasteiger partial charge in [-0.15, -0.1) is 0 Å². The Bertz CT molecular complexity index is 1430. The zero-order valence-corrected chi connectivity index (χ0v) is 24.3. The summed E-state index contributed by atoms with van der Waals surface area (Å²) in [6, 6.07) is 11.2. The minimum atomic E-state index is -2.92. The van der Waals surface area contributed by atoms with Crippen LogP contribution in [0.25, 0.3) is 0 Å². The molecule has 13 heteroatoms. The number of ether oxygens (including phenoxy) is 2. The molecule has 12 nitrogen and oxygen atoms in total. The highest BCUT2D eigenvalue weighted by Gasteiger charge is 2.66. The number of carbonyl (C=O) groups excluding carboxylic acids is 3. The monoisotopic (exact) mass is 583 g/mol.